The summed E-state index contributed by atoms with van der Waals surface area (Å²) in [4.78, 5) is 22.7. The van der Waals surface area contributed by atoms with Gasteiger partial charge in [0.25, 0.3) is 0 Å². The summed E-state index contributed by atoms with van der Waals surface area (Å²) >= 11 is 0. The molecule has 0 amide bonds. The minimum Gasteiger partial charge on any atom is -0.461 e. The fraction of sp³-hybridized carbons (Fsp3) is 0.200. The smallest absolute Gasteiger partial charge is 0.347 e. The normalized spacial score (nSPS) is 11.3. The standard InChI is InChI=1S/C15H12O4/c1-7-4-10-5-11-8(2)12(6-16)15(17)19-14(11)9(3)13(10)18-7/h4-6H,1-3H3. The van der Waals surface area contributed by atoms with Crippen molar-refractivity contribution < 1.29 is 13.6 Å². The third kappa shape index (κ3) is 1.53. The van der Waals surface area contributed by atoms with E-state index in [2.05, 4.69) is 0 Å². The minimum atomic E-state index is -0.606. The molecule has 0 aliphatic rings. The maximum absolute atomic E-state index is 11.8. The fourth-order valence-electron chi connectivity index (χ4n) is 2.45. The first kappa shape index (κ1) is 11.7. The van der Waals surface area contributed by atoms with Crippen molar-refractivity contribution in [2.45, 2.75) is 20.8 Å². The second-order valence-corrected chi connectivity index (χ2v) is 4.70. The van der Waals surface area contributed by atoms with Gasteiger partial charge in [0.15, 0.2) is 6.29 Å². The third-order valence-electron chi connectivity index (χ3n) is 3.45. The van der Waals surface area contributed by atoms with Crippen LogP contribution in [0.25, 0.3) is 21.9 Å². The van der Waals surface area contributed by atoms with Gasteiger partial charge in [-0.2, -0.15) is 0 Å². The highest BCUT2D eigenvalue weighted by Crippen LogP contribution is 2.31. The van der Waals surface area contributed by atoms with Crippen LogP contribution in [0.1, 0.15) is 27.2 Å². The van der Waals surface area contributed by atoms with Crippen LogP contribution in [-0.4, -0.2) is 6.29 Å². The highest BCUT2D eigenvalue weighted by molar-refractivity contribution is 6.00. The molecule has 3 aromatic rings. The molecule has 0 aliphatic heterocycles. The molecule has 19 heavy (non-hydrogen) atoms. The topological polar surface area (TPSA) is 60.4 Å². The number of benzene rings is 1. The fourth-order valence-corrected chi connectivity index (χ4v) is 2.45. The van der Waals surface area contributed by atoms with Gasteiger partial charge in [0, 0.05) is 16.3 Å². The summed E-state index contributed by atoms with van der Waals surface area (Å²) in [5.41, 5.74) is 2.09. The third-order valence-corrected chi connectivity index (χ3v) is 3.45. The van der Waals surface area contributed by atoms with Crippen molar-refractivity contribution in [1.82, 2.24) is 0 Å². The Bertz CT molecular complexity index is 881. The van der Waals surface area contributed by atoms with E-state index in [0.29, 0.717) is 23.0 Å². The summed E-state index contributed by atoms with van der Waals surface area (Å²) in [5.74, 6) is 0.795. The van der Waals surface area contributed by atoms with Gasteiger partial charge in [0.2, 0.25) is 0 Å². The first-order chi connectivity index (χ1) is 9.02. The van der Waals surface area contributed by atoms with Crippen molar-refractivity contribution in [2.24, 2.45) is 0 Å². The Kier molecular flexibility index (Phi) is 2.35. The molecule has 2 heterocycles. The second-order valence-electron chi connectivity index (χ2n) is 4.70. The Labute approximate surface area is 108 Å². The molecular formula is C15H12O4. The lowest BCUT2D eigenvalue weighted by atomic mass is 10.0. The van der Waals surface area contributed by atoms with E-state index in [0.717, 1.165) is 22.1 Å². The second kappa shape index (κ2) is 3.82. The number of furan rings is 1. The van der Waals surface area contributed by atoms with E-state index >= 15 is 0 Å². The molecule has 0 saturated carbocycles. The van der Waals surface area contributed by atoms with Crippen LogP contribution >= 0.6 is 0 Å². The quantitative estimate of drug-likeness (QED) is 0.495. The zero-order valence-corrected chi connectivity index (χ0v) is 10.9. The maximum Gasteiger partial charge on any atom is 0.347 e. The average molecular weight is 256 g/mol. The Balaban J connectivity index is 2.61. The molecule has 0 atom stereocenters. The monoisotopic (exact) mass is 256 g/mol. The maximum atomic E-state index is 11.8. The van der Waals surface area contributed by atoms with Gasteiger partial charge in [0.05, 0.1) is 0 Å². The first-order valence-corrected chi connectivity index (χ1v) is 5.95. The molecule has 0 unspecified atom stereocenters. The number of hydrogen-bond acceptors (Lipinski definition) is 4. The van der Waals surface area contributed by atoms with Gasteiger partial charge < -0.3 is 8.83 Å². The van der Waals surface area contributed by atoms with E-state index in [4.69, 9.17) is 8.83 Å². The van der Waals surface area contributed by atoms with Gasteiger partial charge in [-0.3, -0.25) is 4.79 Å². The van der Waals surface area contributed by atoms with Crippen LogP contribution in [0.5, 0.6) is 0 Å². The predicted octanol–water partition coefficient (Wildman–Crippen LogP) is 3.28. The Morgan fingerprint density at radius 1 is 1.00 bits per heavy atom. The van der Waals surface area contributed by atoms with E-state index in [1.807, 2.05) is 26.0 Å². The Hall–Kier alpha value is -2.36. The van der Waals surface area contributed by atoms with Crippen molar-refractivity contribution in [2.75, 3.05) is 0 Å². The first-order valence-electron chi connectivity index (χ1n) is 5.95. The minimum absolute atomic E-state index is 0.0754. The molecule has 3 rings (SSSR count). The number of aryl methyl sites for hydroxylation is 3. The SMILES string of the molecule is Cc1cc2cc3c(C)c(C=O)c(=O)oc3c(C)c2o1. The van der Waals surface area contributed by atoms with Crippen LogP contribution in [0, 0.1) is 20.8 Å². The summed E-state index contributed by atoms with van der Waals surface area (Å²) in [7, 11) is 0. The average Bonchev–Trinajstić information content (AvgIpc) is 2.73. The summed E-state index contributed by atoms with van der Waals surface area (Å²) in [6.07, 6.45) is 0.542. The molecule has 1 aromatic carbocycles. The Morgan fingerprint density at radius 3 is 2.42 bits per heavy atom. The van der Waals surface area contributed by atoms with Crippen LogP contribution in [-0.2, 0) is 0 Å². The van der Waals surface area contributed by atoms with E-state index in [-0.39, 0.29) is 5.56 Å². The summed E-state index contributed by atoms with van der Waals surface area (Å²) in [5, 5.41) is 1.71. The lowest BCUT2D eigenvalue weighted by Gasteiger charge is -2.06. The largest absolute Gasteiger partial charge is 0.461 e. The van der Waals surface area contributed by atoms with Gasteiger partial charge in [0.1, 0.15) is 22.5 Å². The molecule has 0 fully saturated rings. The summed E-state index contributed by atoms with van der Waals surface area (Å²) < 4.78 is 10.9. The summed E-state index contributed by atoms with van der Waals surface area (Å²) in [6.45, 7) is 5.46. The van der Waals surface area contributed by atoms with Crippen molar-refractivity contribution in [3.05, 3.63) is 45.0 Å². The molecule has 0 radical (unpaired) electrons. The lowest BCUT2D eigenvalue weighted by molar-refractivity contribution is 0.111. The van der Waals surface area contributed by atoms with Gasteiger partial charge in [-0.15, -0.1) is 0 Å². The van der Waals surface area contributed by atoms with Gasteiger partial charge in [-0.25, -0.2) is 4.79 Å². The zero-order chi connectivity index (χ0) is 13.7. The van der Waals surface area contributed by atoms with E-state index < -0.39 is 5.63 Å². The van der Waals surface area contributed by atoms with Crippen LogP contribution in [0.15, 0.2) is 25.8 Å². The number of aldehydes is 1. The van der Waals surface area contributed by atoms with Crippen molar-refractivity contribution in [3.8, 4) is 0 Å². The lowest BCUT2D eigenvalue weighted by Crippen LogP contribution is -2.09. The molecule has 96 valence electrons. The molecule has 0 spiro atoms. The van der Waals surface area contributed by atoms with Gasteiger partial charge >= 0.3 is 5.63 Å². The molecule has 0 saturated heterocycles. The van der Waals surface area contributed by atoms with Crippen LogP contribution < -0.4 is 5.63 Å². The molecule has 4 nitrogen and oxygen atoms in total. The van der Waals surface area contributed by atoms with E-state index in [1.165, 1.54) is 0 Å². The van der Waals surface area contributed by atoms with Gasteiger partial charge in [-0.05, 0) is 38.5 Å². The van der Waals surface area contributed by atoms with Crippen molar-refractivity contribution in [3.63, 3.8) is 0 Å². The molecule has 2 aromatic heterocycles. The number of fused-ring (bicyclic) bond motifs is 2. The number of carbonyl (C=O) groups is 1. The van der Waals surface area contributed by atoms with Crippen molar-refractivity contribution in [1.29, 1.82) is 0 Å². The highest BCUT2D eigenvalue weighted by Gasteiger charge is 2.16. The molecule has 0 aliphatic carbocycles. The number of carbonyl (C=O) groups excluding carboxylic acids is 1. The highest BCUT2D eigenvalue weighted by atomic mass is 16.4. The predicted molar refractivity (Wildman–Crippen MR) is 71.9 cm³/mol. The number of hydrogen-bond donors (Lipinski definition) is 0. The van der Waals surface area contributed by atoms with E-state index in [9.17, 15) is 9.59 Å². The van der Waals surface area contributed by atoms with E-state index in [1.54, 1.807) is 6.92 Å². The molecular weight excluding hydrogens is 244 g/mol. The van der Waals surface area contributed by atoms with Crippen molar-refractivity contribution >= 4 is 28.2 Å². The van der Waals surface area contributed by atoms with Crippen LogP contribution in [0.3, 0.4) is 0 Å². The molecule has 0 bridgehead atoms. The van der Waals surface area contributed by atoms with Crippen LogP contribution in [0.4, 0.5) is 0 Å². The Morgan fingerprint density at radius 2 is 1.74 bits per heavy atom. The summed E-state index contributed by atoms with van der Waals surface area (Å²) in [6, 6.07) is 3.81. The molecule has 4 heteroatoms. The zero-order valence-electron chi connectivity index (χ0n) is 10.9. The van der Waals surface area contributed by atoms with Crippen LogP contribution in [0.2, 0.25) is 0 Å². The van der Waals surface area contributed by atoms with Gasteiger partial charge in [-0.1, -0.05) is 0 Å². The number of rotatable bonds is 1. The molecule has 0 N–H and O–H groups in total.